The number of hydrogen-bond donors (Lipinski definition) is 1. The van der Waals surface area contributed by atoms with E-state index in [1.165, 1.54) is 0 Å². The molecule has 2 aromatic rings. The summed E-state index contributed by atoms with van der Waals surface area (Å²) in [4.78, 5) is 12.3. The van der Waals surface area contributed by atoms with E-state index in [2.05, 4.69) is 15.0 Å². The maximum atomic E-state index is 5.55. The topological polar surface area (TPSA) is 69.6 Å². The molecule has 0 fully saturated rings. The summed E-state index contributed by atoms with van der Waals surface area (Å²) in [6, 6.07) is 1.67. The second kappa shape index (κ2) is 3.45. The van der Waals surface area contributed by atoms with Crippen molar-refractivity contribution in [2.75, 3.05) is 5.73 Å². The molecule has 0 aliphatic carbocycles. The summed E-state index contributed by atoms with van der Waals surface area (Å²) in [7, 11) is 0. The predicted molar refractivity (Wildman–Crippen MR) is 52.5 cm³/mol. The lowest BCUT2D eigenvalue weighted by Gasteiger charge is -2.03. The number of rotatable bonds is 2. The molecule has 0 bridgehead atoms. The van der Waals surface area contributed by atoms with Crippen molar-refractivity contribution in [3.8, 4) is 0 Å². The van der Waals surface area contributed by atoms with Gasteiger partial charge in [-0.05, 0) is 13.0 Å². The third-order valence-corrected chi connectivity index (χ3v) is 1.96. The van der Waals surface area contributed by atoms with Gasteiger partial charge < -0.3 is 10.3 Å². The predicted octanol–water partition coefficient (Wildman–Crippen LogP) is 0.612. The monoisotopic (exact) mass is 189 g/mol. The molecular formula is C9H11N5. The van der Waals surface area contributed by atoms with E-state index in [4.69, 9.17) is 5.73 Å². The minimum Gasteiger partial charge on any atom is -0.384 e. The highest BCUT2D eigenvalue weighted by atomic mass is 15.1. The fraction of sp³-hybridized carbons (Fsp3) is 0.222. The highest BCUT2D eigenvalue weighted by Gasteiger charge is 2.00. The van der Waals surface area contributed by atoms with Crippen LogP contribution in [0.5, 0.6) is 0 Å². The van der Waals surface area contributed by atoms with E-state index in [-0.39, 0.29) is 0 Å². The van der Waals surface area contributed by atoms with Crippen LogP contribution in [0, 0.1) is 6.92 Å². The van der Waals surface area contributed by atoms with Crippen molar-refractivity contribution >= 4 is 5.82 Å². The third-order valence-electron chi connectivity index (χ3n) is 1.96. The Balaban J connectivity index is 2.23. The van der Waals surface area contributed by atoms with E-state index >= 15 is 0 Å². The molecule has 2 heterocycles. The van der Waals surface area contributed by atoms with E-state index in [1.807, 2.05) is 17.7 Å². The van der Waals surface area contributed by atoms with Gasteiger partial charge in [0.2, 0.25) is 0 Å². The summed E-state index contributed by atoms with van der Waals surface area (Å²) in [5.74, 6) is 2.13. The molecule has 0 radical (unpaired) electrons. The van der Waals surface area contributed by atoms with Crippen LogP contribution in [0.3, 0.4) is 0 Å². The SMILES string of the molecule is Cc1nccn1Cc1nccc(N)n1. The Morgan fingerprint density at radius 2 is 2.21 bits per heavy atom. The summed E-state index contributed by atoms with van der Waals surface area (Å²) >= 11 is 0. The highest BCUT2D eigenvalue weighted by Crippen LogP contribution is 2.01. The fourth-order valence-corrected chi connectivity index (χ4v) is 1.21. The largest absolute Gasteiger partial charge is 0.384 e. The zero-order chi connectivity index (χ0) is 9.97. The zero-order valence-corrected chi connectivity index (χ0v) is 7.88. The Bertz CT molecular complexity index is 434. The van der Waals surface area contributed by atoms with E-state index in [9.17, 15) is 0 Å². The standard InChI is InChI=1S/C9H11N5/c1-7-11-4-5-14(7)6-9-12-3-2-8(10)13-9/h2-5H,6H2,1H3,(H2,10,12,13). The maximum absolute atomic E-state index is 5.55. The molecule has 0 aliphatic rings. The first-order chi connectivity index (χ1) is 6.75. The van der Waals surface area contributed by atoms with Crippen molar-refractivity contribution in [1.29, 1.82) is 0 Å². The summed E-state index contributed by atoms with van der Waals surface area (Å²) in [5, 5.41) is 0. The molecule has 0 amide bonds. The van der Waals surface area contributed by atoms with Gasteiger partial charge in [-0.25, -0.2) is 15.0 Å². The maximum Gasteiger partial charge on any atom is 0.150 e. The van der Waals surface area contributed by atoms with Gasteiger partial charge in [-0.1, -0.05) is 0 Å². The second-order valence-electron chi connectivity index (χ2n) is 3.00. The van der Waals surface area contributed by atoms with Crippen LogP contribution >= 0.6 is 0 Å². The van der Waals surface area contributed by atoms with Crippen LogP contribution in [0.2, 0.25) is 0 Å². The Morgan fingerprint density at radius 3 is 2.86 bits per heavy atom. The Hall–Kier alpha value is -1.91. The van der Waals surface area contributed by atoms with E-state index < -0.39 is 0 Å². The molecule has 2 aromatic heterocycles. The summed E-state index contributed by atoms with van der Waals surface area (Å²) in [6.07, 6.45) is 5.30. The number of nitrogens with two attached hydrogens (primary N) is 1. The Kier molecular flexibility index (Phi) is 2.14. The smallest absolute Gasteiger partial charge is 0.150 e. The van der Waals surface area contributed by atoms with Crippen LogP contribution < -0.4 is 5.73 Å². The Morgan fingerprint density at radius 1 is 1.36 bits per heavy atom. The average molecular weight is 189 g/mol. The molecule has 0 atom stereocenters. The minimum atomic E-state index is 0.493. The fourth-order valence-electron chi connectivity index (χ4n) is 1.21. The molecular weight excluding hydrogens is 178 g/mol. The third kappa shape index (κ3) is 1.71. The lowest BCUT2D eigenvalue weighted by Crippen LogP contribution is -2.06. The Labute approximate surface area is 81.6 Å². The van der Waals surface area contributed by atoms with Gasteiger partial charge in [-0.2, -0.15) is 0 Å². The zero-order valence-electron chi connectivity index (χ0n) is 7.88. The number of imidazole rings is 1. The van der Waals surface area contributed by atoms with E-state index in [0.29, 0.717) is 18.2 Å². The summed E-state index contributed by atoms with van der Waals surface area (Å²) in [6.45, 7) is 2.54. The molecule has 0 saturated carbocycles. The molecule has 0 spiro atoms. The number of aromatic nitrogens is 4. The lowest BCUT2D eigenvalue weighted by atomic mass is 10.5. The quantitative estimate of drug-likeness (QED) is 0.751. The van der Waals surface area contributed by atoms with Gasteiger partial charge in [0.25, 0.3) is 0 Å². The molecule has 5 nitrogen and oxygen atoms in total. The number of nitrogen functional groups attached to an aromatic ring is 1. The average Bonchev–Trinajstić information content (AvgIpc) is 2.52. The number of nitrogens with zero attached hydrogens (tertiary/aromatic N) is 4. The van der Waals surface area contributed by atoms with Crippen molar-refractivity contribution in [3.63, 3.8) is 0 Å². The lowest BCUT2D eigenvalue weighted by molar-refractivity contribution is 0.718. The summed E-state index contributed by atoms with van der Waals surface area (Å²) in [5.41, 5.74) is 5.55. The van der Waals surface area contributed by atoms with Crippen LogP contribution in [0.15, 0.2) is 24.7 Å². The van der Waals surface area contributed by atoms with Crippen molar-refractivity contribution in [2.24, 2.45) is 0 Å². The van der Waals surface area contributed by atoms with Crippen LogP contribution in [0.4, 0.5) is 5.82 Å². The van der Waals surface area contributed by atoms with Crippen LogP contribution in [-0.4, -0.2) is 19.5 Å². The van der Waals surface area contributed by atoms with E-state index in [0.717, 1.165) is 5.82 Å². The molecule has 0 saturated heterocycles. The molecule has 0 aliphatic heterocycles. The van der Waals surface area contributed by atoms with Gasteiger partial charge in [0.15, 0.2) is 0 Å². The molecule has 2 N–H and O–H groups in total. The van der Waals surface area contributed by atoms with Crippen molar-refractivity contribution in [3.05, 3.63) is 36.3 Å². The molecule has 14 heavy (non-hydrogen) atoms. The first kappa shape index (κ1) is 8.68. The van der Waals surface area contributed by atoms with Crippen LogP contribution in [-0.2, 0) is 6.54 Å². The summed E-state index contributed by atoms with van der Waals surface area (Å²) < 4.78 is 1.97. The second-order valence-corrected chi connectivity index (χ2v) is 3.00. The van der Waals surface area contributed by atoms with Crippen LogP contribution in [0.25, 0.3) is 0 Å². The van der Waals surface area contributed by atoms with Crippen molar-refractivity contribution in [1.82, 2.24) is 19.5 Å². The van der Waals surface area contributed by atoms with Crippen molar-refractivity contribution < 1.29 is 0 Å². The number of aryl methyl sites for hydroxylation is 1. The van der Waals surface area contributed by atoms with Gasteiger partial charge in [0.1, 0.15) is 17.5 Å². The first-order valence-electron chi connectivity index (χ1n) is 4.31. The molecule has 2 rings (SSSR count). The normalized spacial score (nSPS) is 10.4. The van der Waals surface area contributed by atoms with Gasteiger partial charge in [-0.15, -0.1) is 0 Å². The van der Waals surface area contributed by atoms with Crippen molar-refractivity contribution in [2.45, 2.75) is 13.5 Å². The van der Waals surface area contributed by atoms with Gasteiger partial charge in [-0.3, -0.25) is 0 Å². The molecule has 72 valence electrons. The molecule has 0 aromatic carbocycles. The first-order valence-corrected chi connectivity index (χ1v) is 4.31. The van der Waals surface area contributed by atoms with Gasteiger partial charge in [0.05, 0.1) is 6.54 Å². The molecule has 5 heteroatoms. The van der Waals surface area contributed by atoms with E-state index in [1.54, 1.807) is 18.5 Å². The van der Waals surface area contributed by atoms with Gasteiger partial charge >= 0.3 is 0 Å². The highest BCUT2D eigenvalue weighted by molar-refractivity contribution is 5.25. The van der Waals surface area contributed by atoms with Gasteiger partial charge in [0, 0.05) is 18.6 Å². The number of hydrogen-bond acceptors (Lipinski definition) is 4. The minimum absolute atomic E-state index is 0.493. The molecule has 0 unspecified atom stereocenters. The van der Waals surface area contributed by atoms with Crippen LogP contribution in [0.1, 0.15) is 11.6 Å². The number of anilines is 1.